The number of carbonyl (C=O) groups is 1. The highest BCUT2D eigenvalue weighted by atomic mass is 16.4. The number of carbonyl (C=O) groups excluding carboxylic acids is 1. The quantitative estimate of drug-likeness (QED) is 0.517. The minimum Gasteiger partial charge on any atom is -0.422 e. The van der Waals surface area contributed by atoms with E-state index in [1.54, 1.807) is 12.1 Å². The molecule has 0 radical (unpaired) electrons. The summed E-state index contributed by atoms with van der Waals surface area (Å²) in [4.78, 5) is 25.4. The third kappa shape index (κ3) is 3.98. The Balaban J connectivity index is 1.70. The Hall–Kier alpha value is -3.25. The molecule has 0 saturated carbocycles. The Morgan fingerprint density at radius 1 is 1.17 bits per heavy atom. The molecule has 0 aliphatic carbocycles. The molecule has 1 aliphatic heterocycles. The molecule has 0 spiro atoms. The maximum Gasteiger partial charge on any atom is 0.345 e. The first-order chi connectivity index (χ1) is 14.2. The smallest absolute Gasteiger partial charge is 0.345 e. The number of hydrogen-bond acceptors (Lipinski definition) is 5. The van der Waals surface area contributed by atoms with E-state index >= 15 is 0 Å². The second-order valence-corrected chi connectivity index (χ2v) is 7.08. The fraction of sp³-hybridized carbons (Fsp3) is 0.261. The van der Waals surface area contributed by atoms with Gasteiger partial charge in [0.05, 0.1) is 23.9 Å². The maximum absolute atomic E-state index is 12.8. The van der Waals surface area contributed by atoms with Crippen molar-refractivity contribution in [2.45, 2.75) is 25.8 Å². The highest BCUT2D eigenvalue weighted by Gasteiger charge is 2.33. The zero-order chi connectivity index (χ0) is 20.2. The van der Waals surface area contributed by atoms with Crippen LogP contribution >= 0.6 is 0 Å². The number of para-hydroxylation sites is 1. The maximum atomic E-state index is 12.8. The molecule has 1 amide bonds. The molecule has 1 aromatic heterocycles. The van der Waals surface area contributed by atoms with Gasteiger partial charge in [-0.25, -0.2) is 9.80 Å². The zero-order valence-corrected chi connectivity index (χ0v) is 16.3. The van der Waals surface area contributed by atoms with E-state index in [0.717, 1.165) is 23.9 Å². The Kier molecular flexibility index (Phi) is 5.53. The SMILES string of the molecule is CCCNCC(=O)N1N=C(c2cc3ccccc3oc2=O)CC1c1ccccc1. The molecule has 4 rings (SSSR count). The van der Waals surface area contributed by atoms with E-state index in [1.807, 2.05) is 48.5 Å². The summed E-state index contributed by atoms with van der Waals surface area (Å²) in [5, 5.41) is 10.0. The van der Waals surface area contributed by atoms with Gasteiger partial charge in [-0.2, -0.15) is 5.10 Å². The summed E-state index contributed by atoms with van der Waals surface area (Å²) in [6.07, 6.45) is 1.41. The molecule has 1 N–H and O–H groups in total. The molecule has 148 valence electrons. The molecule has 29 heavy (non-hydrogen) atoms. The lowest BCUT2D eigenvalue weighted by Gasteiger charge is -2.22. The lowest BCUT2D eigenvalue weighted by molar-refractivity contribution is -0.132. The number of fused-ring (bicyclic) bond motifs is 1. The van der Waals surface area contributed by atoms with Crippen LogP contribution in [0.5, 0.6) is 0 Å². The summed E-state index contributed by atoms with van der Waals surface area (Å²) >= 11 is 0. The second kappa shape index (κ2) is 8.41. The van der Waals surface area contributed by atoms with Crippen molar-refractivity contribution in [3.63, 3.8) is 0 Å². The molecule has 1 aliphatic rings. The van der Waals surface area contributed by atoms with Crippen LogP contribution in [-0.4, -0.2) is 29.7 Å². The topological polar surface area (TPSA) is 74.9 Å². The predicted molar refractivity (Wildman–Crippen MR) is 113 cm³/mol. The monoisotopic (exact) mass is 389 g/mol. The third-order valence-electron chi connectivity index (χ3n) is 5.01. The van der Waals surface area contributed by atoms with Crippen LogP contribution in [0.1, 0.15) is 36.9 Å². The minimum atomic E-state index is -0.437. The van der Waals surface area contributed by atoms with Gasteiger partial charge in [0.1, 0.15) is 5.58 Å². The van der Waals surface area contributed by atoms with E-state index < -0.39 is 5.63 Å². The average molecular weight is 389 g/mol. The molecule has 2 heterocycles. The molecule has 1 unspecified atom stereocenters. The van der Waals surface area contributed by atoms with Crippen molar-refractivity contribution >= 4 is 22.6 Å². The van der Waals surface area contributed by atoms with Crippen LogP contribution in [0.3, 0.4) is 0 Å². The summed E-state index contributed by atoms with van der Waals surface area (Å²) < 4.78 is 5.47. The summed E-state index contributed by atoms with van der Waals surface area (Å²) in [6, 6.07) is 18.7. The Morgan fingerprint density at radius 3 is 2.72 bits per heavy atom. The molecule has 0 saturated heterocycles. The lowest BCUT2D eigenvalue weighted by Crippen LogP contribution is -2.35. The average Bonchev–Trinajstić information content (AvgIpc) is 3.19. The van der Waals surface area contributed by atoms with Gasteiger partial charge >= 0.3 is 5.63 Å². The summed E-state index contributed by atoms with van der Waals surface area (Å²) in [5.41, 5.74) is 2.06. The van der Waals surface area contributed by atoms with Crippen molar-refractivity contribution in [2.75, 3.05) is 13.1 Å². The van der Waals surface area contributed by atoms with Crippen LogP contribution in [0.2, 0.25) is 0 Å². The van der Waals surface area contributed by atoms with Gasteiger partial charge in [-0.3, -0.25) is 4.79 Å². The van der Waals surface area contributed by atoms with Crippen molar-refractivity contribution in [1.82, 2.24) is 10.3 Å². The molecule has 3 aromatic rings. The van der Waals surface area contributed by atoms with Crippen LogP contribution in [0, 0.1) is 0 Å². The molecular weight excluding hydrogens is 366 g/mol. The lowest BCUT2D eigenvalue weighted by atomic mass is 9.98. The molecular formula is C23H23N3O3. The minimum absolute atomic E-state index is 0.118. The molecule has 0 bridgehead atoms. The first kappa shape index (κ1) is 19.1. The number of amides is 1. The summed E-state index contributed by atoms with van der Waals surface area (Å²) in [7, 11) is 0. The summed E-state index contributed by atoms with van der Waals surface area (Å²) in [5.74, 6) is -0.118. The Morgan fingerprint density at radius 2 is 1.93 bits per heavy atom. The van der Waals surface area contributed by atoms with Crippen molar-refractivity contribution in [3.8, 4) is 0 Å². The van der Waals surface area contributed by atoms with Crippen LogP contribution in [0.4, 0.5) is 0 Å². The van der Waals surface area contributed by atoms with Crippen molar-refractivity contribution in [1.29, 1.82) is 0 Å². The van der Waals surface area contributed by atoms with Crippen molar-refractivity contribution in [3.05, 3.63) is 82.2 Å². The molecule has 1 atom stereocenters. The van der Waals surface area contributed by atoms with Crippen LogP contribution in [0.25, 0.3) is 11.0 Å². The number of hydrazone groups is 1. The van der Waals surface area contributed by atoms with Gasteiger partial charge < -0.3 is 9.73 Å². The van der Waals surface area contributed by atoms with Gasteiger partial charge in [-0.15, -0.1) is 0 Å². The Bertz CT molecular complexity index is 1110. The molecule has 0 fully saturated rings. The van der Waals surface area contributed by atoms with Gasteiger partial charge in [0.15, 0.2) is 0 Å². The number of nitrogens with zero attached hydrogens (tertiary/aromatic N) is 2. The highest BCUT2D eigenvalue weighted by Crippen LogP contribution is 2.32. The van der Waals surface area contributed by atoms with Gasteiger partial charge in [-0.05, 0) is 30.7 Å². The third-order valence-corrected chi connectivity index (χ3v) is 5.01. The van der Waals surface area contributed by atoms with E-state index in [4.69, 9.17) is 4.42 Å². The first-order valence-corrected chi connectivity index (χ1v) is 9.86. The standard InChI is InChI=1S/C23H23N3O3/c1-2-12-24-15-22(27)26-20(16-8-4-3-5-9-16)14-19(25-26)18-13-17-10-6-7-11-21(17)29-23(18)28/h3-11,13,20,24H,2,12,14-15H2,1H3. The Labute approximate surface area is 168 Å². The van der Waals surface area contributed by atoms with Crippen LogP contribution < -0.4 is 10.9 Å². The van der Waals surface area contributed by atoms with Crippen LogP contribution in [0.15, 0.2) is 75.0 Å². The zero-order valence-electron chi connectivity index (χ0n) is 16.3. The fourth-order valence-corrected chi connectivity index (χ4v) is 3.55. The van der Waals surface area contributed by atoms with Crippen molar-refractivity contribution < 1.29 is 9.21 Å². The molecule has 6 nitrogen and oxygen atoms in total. The van der Waals surface area contributed by atoms with Crippen molar-refractivity contribution in [2.24, 2.45) is 5.10 Å². The highest BCUT2D eigenvalue weighted by molar-refractivity contribution is 6.04. The van der Waals surface area contributed by atoms with Gasteiger partial charge in [-0.1, -0.05) is 55.5 Å². The number of rotatable bonds is 6. The largest absolute Gasteiger partial charge is 0.422 e. The van der Waals surface area contributed by atoms with Crippen LogP contribution in [-0.2, 0) is 4.79 Å². The van der Waals surface area contributed by atoms with E-state index in [1.165, 1.54) is 5.01 Å². The molecule has 2 aromatic carbocycles. The fourth-order valence-electron chi connectivity index (χ4n) is 3.55. The van der Waals surface area contributed by atoms with Gasteiger partial charge in [0, 0.05) is 11.8 Å². The normalized spacial score (nSPS) is 16.2. The second-order valence-electron chi connectivity index (χ2n) is 7.08. The number of hydrogen-bond donors (Lipinski definition) is 1. The number of benzene rings is 2. The van der Waals surface area contributed by atoms with E-state index in [0.29, 0.717) is 23.3 Å². The number of nitrogens with one attached hydrogen (secondary N) is 1. The predicted octanol–water partition coefficient (Wildman–Crippen LogP) is 3.47. The van der Waals surface area contributed by atoms with E-state index in [-0.39, 0.29) is 18.5 Å². The molecule has 6 heteroatoms. The first-order valence-electron chi connectivity index (χ1n) is 9.86. The van der Waals surface area contributed by atoms with E-state index in [2.05, 4.69) is 17.3 Å². The van der Waals surface area contributed by atoms with E-state index in [9.17, 15) is 9.59 Å². The van der Waals surface area contributed by atoms with Gasteiger partial charge in [0.25, 0.3) is 5.91 Å². The van der Waals surface area contributed by atoms with Gasteiger partial charge in [0.2, 0.25) is 0 Å². The summed E-state index contributed by atoms with van der Waals surface area (Å²) in [6.45, 7) is 3.02.